The molecule has 4 rings (SSSR count). The van der Waals surface area contributed by atoms with Gasteiger partial charge in [0.1, 0.15) is 12.1 Å². The van der Waals surface area contributed by atoms with E-state index >= 15 is 0 Å². The van der Waals surface area contributed by atoms with Crippen LogP contribution in [0.25, 0.3) is 33.9 Å². The number of aromatic nitrogens is 3. The van der Waals surface area contributed by atoms with Gasteiger partial charge in [-0.05, 0) is 24.3 Å². The number of carbonyl (C=O) groups is 1. The molecule has 0 aliphatic heterocycles. The van der Waals surface area contributed by atoms with Crippen molar-refractivity contribution in [2.75, 3.05) is 7.11 Å². The summed E-state index contributed by atoms with van der Waals surface area (Å²) in [5.41, 5.74) is 4.45. The third kappa shape index (κ3) is 2.86. The molecule has 26 heavy (non-hydrogen) atoms. The Labute approximate surface area is 150 Å². The number of nitrogens with zero attached hydrogens (tertiary/aromatic N) is 3. The number of ether oxygens (including phenoxy) is 1. The van der Waals surface area contributed by atoms with Crippen molar-refractivity contribution in [3.05, 3.63) is 60.5 Å². The third-order valence-corrected chi connectivity index (χ3v) is 4.28. The maximum Gasteiger partial charge on any atom is 0.311 e. The molecule has 2 aromatic carbocycles. The van der Waals surface area contributed by atoms with Crippen LogP contribution in [0.1, 0.15) is 5.69 Å². The number of aryl methyl sites for hydroxylation is 1. The minimum atomic E-state index is -0.345. The number of methoxy groups -OCH3 is 1. The summed E-state index contributed by atoms with van der Waals surface area (Å²) >= 11 is 0. The zero-order valence-corrected chi connectivity index (χ0v) is 14.5. The van der Waals surface area contributed by atoms with Gasteiger partial charge >= 0.3 is 5.97 Å². The molecule has 130 valence electrons. The molecular weight excluding hydrogens is 330 g/mol. The van der Waals surface area contributed by atoms with E-state index in [9.17, 15) is 4.79 Å². The quantitative estimate of drug-likeness (QED) is 0.528. The van der Waals surface area contributed by atoms with E-state index in [0.29, 0.717) is 11.6 Å². The highest BCUT2D eigenvalue weighted by Crippen LogP contribution is 2.26. The molecule has 6 nitrogen and oxygen atoms in total. The second-order valence-electron chi connectivity index (χ2n) is 5.96. The zero-order valence-electron chi connectivity index (χ0n) is 14.5. The van der Waals surface area contributed by atoms with Crippen LogP contribution in [-0.4, -0.2) is 27.6 Å². The molecule has 2 aromatic heterocycles. The number of hydrogen-bond acceptors (Lipinski definition) is 5. The number of esters is 1. The Morgan fingerprint density at radius 2 is 1.81 bits per heavy atom. The van der Waals surface area contributed by atoms with Crippen LogP contribution < -0.4 is 0 Å². The largest absolute Gasteiger partial charge is 0.469 e. The van der Waals surface area contributed by atoms with Crippen molar-refractivity contribution in [1.82, 2.24) is 14.5 Å². The number of oxazole rings is 1. The molecule has 0 spiro atoms. The number of fused-ring (bicyclic) bond motifs is 1. The van der Waals surface area contributed by atoms with Gasteiger partial charge in [0, 0.05) is 18.2 Å². The van der Waals surface area contributed by atoms with Crippen LogP contribution in [0.3, 0.4) is 0 Å². The van der Waals surface area contributed by atoms with E-state index in [4.69, 9.17) is 9.40 Å². The average molecular weight is 347 g/mol. The van der Waals surface area contributed by atoms with Crippen molar-refractivity contribution in [3.8, 4) is 22.8 Å². The summed E-state index contributed by atoms with van der Waals surface area (Å²) in [6, 6.07) is 15.9. The molecule has 0 unspecified atom stereocenters. The van der Waals surface area contributed by atoms with Gasteiger partial charge in [0.2, 0.25) is 5.89 Å². The van der Waals surface area contributed by atoms with Crippen molar-refractivity contribution >= 4 is 17.0 Å². The van der Waals surface area contributed by atoms with Crippen LogP contribution in [0.2, 0.25) is 0 Å². The predicted molar refractivity (Wildman–Crippen MR) is 97.4 cm³/mol. The first-order chi connectivity index (χ1) is 12.7. The van der Waals surface area contributed by atoms with Crippen molar-refractivity contribution in [2.24, 2.45) is 7.05 Å². The van der Waals surface area contributed by atoms with Crippen molar-refractivity contribution < 1.29 is 13.9 Å². The normalized spacial score (nSPS) is 11.0. The fourth-order valence-corrected chi connectivity index (χ4v) is 2.91. The molecule has 2 heterocycles. The van der Waals surface area contributed by atoms with Crippen molar-refractivity contribution in [2.45, 2.75) is 6.42 Å². The standard InChI is InChI=1S/C20H17N3O3/c1-23-17-6-4-3-5-16(17)22-19(23)13-7-9-14(10-8-13)20-21-15(12-26-20)11-18(24)25-2/h3-10,12H,11H2,1-2H3. The fourth-order valence-electron chi connectivity index (χ4n) is 2.91. The third-order valence-electron chi connectivity index (χ3n) is 4.28. The first-order valence-corrected chi connectivity index (χ1v) is 8.19. The van der Waals surface area contributed by atoms with Gasteiger partial charge < -0.3 is 13.7 Å². The monoisotopic (exact) mass is 347 g/mol. The molecule has 0 amide bonds. The van der Waals surface area contributed by atoms with Crippen LogP contribution in [0.4, 0.5) is 0 Å². The number of hydrogen-bond donors (Lipinski definition) is 0. The highest BCUT2D eigenvalue weighted by molar-refractivity contribution is 5.80. The Kier molecular flexibility index (Phi) is 4.01. The van der Waals surface area contributed by atoms with Crippen molar-refractivity contribution in [1.29, 1.82) is 0 Å². The van der Waals surface area contributed by atoms with Gasteiger partial charge in [0.15, 0.2) is 0 Å². The number of carbonyl (C=O) groups excluding carboxylic acids is 1. The maximum atomic E-state index is 11.3. The van der Waals surface area contributed by atoms with Crippen LogP contribution in [0, 0.1) is 0 Å². The molecular formula is C20H17N3O3. The first-order valence-electron chi connectivity index (χ1n) is 8.19. The Balaban J connectivity index is 1.62. The van der Waals surface area contributed by atoms with Gasteiger partial charge in [-0.2, -0.15) is 0 Å². The lowest BCUT2D eigenvalue weighted by atomic mass is 10.1. The molecule has 6 heteroatoms. The first kappa shape index (κ1) is 16.1. The topological polar surface area (TPSA) is 70.2 Å². The van der Waals surface area contributed by atoms with Gasteiger partial charge in [0.05, 0.1) is 30.3 Å². The van der Waals surface area contributed by atoms with Gasteiger partial charge in [-0.25, -0.2) is 9.97 Å². The Morgan fingerprint density at radius 1 is 1.08 bits per heavy atom. The SMILES string of the molecule is COC(=O)Cc1coc(-c2ccc(-c3nc4ccccc4n3C)cc2)n1. The minimum absolute atomic E-state index is 0.0952. The van der Waals surface area contributed by atoms with E-state index < -0.39 is 0 Å². The summed E-state index contributed by atoms with van der Waals surface area (Å²) < 4.78 is 12.2. The fraction of sp³-hybridized carbons (Fsp3) is 0.150. The summed E-state index contributed by atoms with van der Waals surface area (Å²) in [5.74, 6) is 1.03. The molecule has 0 fully saturated rings. The molecule has 0 atom stereocenters. The van der Waals surface area contributed by atoms with Gasteiger partial charge in [0.25, 0.3) is 0 Å². The lowest BCUT2D eigenvalue weighted by Crippen LogP contribution is -2.04. The van der Waals surface area contributed by atoms with Gasteiger partial charge in [-0.3, -0.25) is 4.79 Å². The van der Waals surface area contributed by atoms with Crippen molar-refractivity contribution in [3.63, 3.8) is 0 Å². The Hall–Kier alpha value is -3.41. The van der Waals surface area contributed by atoms with Crippen LogP contribution in [-0.2, 0) is 23.0 Å². The van der Waals surface area contributed by atoms with E-state index in [1.54, 1.807) is 0 Å². The van der Waals surface area contributed by atoms with E-state index in [-0.39, 0.29) is 12.4 Å². The van der Waals surface area contributed by atoms with E-state index in [2.05, 4.69) is 20.4 Å². The lowest BCUT2D eigenvalue weighted by molar-refractivity contribution is -0.139. The number of imidazole rings is 1. The predicted octanol–water partition coefficient (Wildman–Crippen LogP) is 3.61. The molecule has 0 radical (unpaired) electrons. The van der Waals surface area contributed by atoms with E-state index in [1.165, 1.54) is 13.4 Å². The molecule has 4 aromatic rings. The smallest absolute Gasteiger partial charge is 0.311 e. The summed E-state index contributed by atoms with van der Waals surface area (Å²) in [7, 11) is 3.36. The van der Waals surface area contributed by atoms with Crippen LogP contribution in [0.15, 0.2) is 59.2 Å². The Bertz CT molecular complexity index is 1080. The molecule has 0 bridgehead atoms. The summed E-state index contributed by atoms with van der Waals surface area (Å²) in [6.07, 6.45) is 1.57. The molecule has 0 aliphatic rings. The average Bonchev–Trinajstić information content (AvgIpc) is 3.27. The highest BCUT2D eigenvalue weighted by atomic mass is 16.5. The van der Waals surface area contributed by atoms with Gasteiger partial charge in [-0.1, -0.05) is 24.3 Å². The molecule has 0 aliphatic carbocycles. The number of rotatable bonds is 4. The number of para-hydroxylation sites is 2. The zero-order chi connectivity index (χ0) is 18.1. The van der Waals surface area contributed by atoms with Crippen LogP contribution in [0.5, 0.6) is 0 Å². The second-order valence-corrected chi connectivity index (χ2v) is 5.96. The summed E-state index contributed by atoms with van der Waals surface area (Å²) in [6.45, 7) is 0. The maximum absolute atomic E-state index is 11.3. The van der Waals surface area contributed by atoms with Crippen LogP contribution >= 0.6 is 0 Å². The number of benzene rings is 2. The van der Waals surface area contributed by atoms with Gasteiger partial charge in [-0.15, -0.1) is 0 Å². The minimum Gasteiger partial charge on any atom is -0.469 e. The lowest BCUT2D eigenvalue weighted by Gasteiger charge is -2.03. The summed E-state index contributed by atoms with van der Waals surface area (Å²) in [5, 5.41) is 0. The molecule has 0 saturated carbocycles. The Morgan fingerprint density at radius 3 is 2.54 bits per heavy atom. The summed E-state index contributed by atoms with van der Waals surface area (Å²) in [4.78, 5) is 20.4. The molecule has 0 saturated heterocycles. The second kappa shape index (κ2) is 6.48. The van der Waals surface area contributed by atoms with E-state index in [0.717, 1.165) is 28.0 Å². The highest BCUT2D eigenvalue weighted by Gasteiger charge is 2.12. The van der Waals surface area contributed by atoms with E-state index in [1.807, 2.05) is 49.5 Å². The molecule has 0 N–H and O–H groups in total.